The monoisotopic (exact) mass is 193 g/mol. The normalized spacial score (nSPS) is 30.8. The summed E-state index contributed by atoms with van der Waals surface area (Å²) in [6.07, 6.45) is 0. The van der Waals surface area contributed by atoms with Crippen molar-refractivity contribution >= 4 is 10.0 Å². The van der Waals surface area contributed by atoms with Gasteiger partial charge in [0, 0.05) is 12.1 Å². The lowest BCUT2D eigenvalue weighted by Gasteiger charge is -2.35. The van der Waals surface area contributed by atoms with Crippen molar-refractivity contribution < 1.29 is 13.2 Å². The summed E-state index contributed by atoms with van der Waals surface area (Å²) in [6, 6.07) is -0.0161. The molecule has 1 aliphatic rings. The molecule has 1 saturated heterocycles. The van der Waals surface area contributed by atoms with Crippen molar-refractivity contribution in [1.29, 1.82) is 0 Å². The van der Waals surface area contributed by atoms with Gasteiger partial charge in [0.2, 0.25) is 10.0 Å². The second-order valence-corrected chi connectivity index (χ2v) is 5.19. The second kappa shape index (κ2) is 3.32. The molecule has 0 aromatic carbocycles. The van der Waals surface area contributed by atoms with Crippen LogP contribution in [-0.4, -0.2) is 37.4 Å². The first-order valence-corrected chi connectivity index (χ1v) is 5.65. The van der Waals surface area contributed by atoms with Crippen LogP contribution in [-0.2, 0) is 14.8 Å². The predicted molar refractivity (Wildman–Crippen MR) is 46.2 cm³/mol. The number of hydrogen-bond donors (Lipinski definition) is 0. The smallest absolute Gasteiger partial charge is 0.238 e. The number of nitrogens with zero attached hydrogens (tertiary/aromatic N) is 1. The molecule has 0 aromatic heterocycles. The quantitative estimate of drug-likeness (QED) is 0.605. The molecule has 1 fully saturated rings. The number of rotatable bonds is 1. The first kappa shape index (κ1) is 9.95. The molecule has 0 aliphatic carbocycles. The minimum atomic E-state index is -3.16. The van der Waals surface area contributed by atoms with E-state index in [1.165, 1.54) is 4.31 Å². The molecule has 1 aliphatic heterocycles. The second-order valence-electron chi connectivity index (χ2n) is 3.37. The molecule has 0 radical (unpaired) electrons. The Morgan fingerprint density at radius 3 is 2.42 bits per heavy atom. The van der Waals surface area contributed by atoms with E-state index in [2.05, 4.69) is 0 Å². The van der Waals surface area contributed by atoms with Crippen molar-refractivity contribution in [1.82, 2.24) is 4.31 Å². The maximum atomic E-state index is 11.4. The zero-order valence-corrected chi connectivity index (χ0v) is 8.47. The molecule has 1 unspecified atom stereocenters. The third-order valence-corrected chi connectivity index (χ3v) is 3.74. The Labute approximate surface area is 73.6 Å². The Hall–Kier alpha value is -0.130. The van der Waals surface area contributed by atoms with Gasteiger partial charge in [-0.2, -0.15) is 4.31 Å². The third-order valence-electron chi connectivity index (χ3n) is 1.86. The highest BCUT2D eigenvalue weighted by atomic mass is 32.2. The van der Waals surface area contributed by atoms with Crippen molar-refractivity contribution in [3.63, 3.8) is 0 Å². The fraction of sp³-hybridized carbons (Fsp3) is 1.00. The van der Waals surface area contributed by atoms with Crippen LogP contribution in [0.5, 0.6) is 0 Å². The van der Waals surface area contributed by atoms with E-state index < -0.39 is 10.0 Å². The van der Waals surface area contributed by atoms with Gasteiger partial charge in [0.15, 0.2) is 5.94 Å². The summed E-state index contributed by atoms with van der Waals surface area (Å²) in [4.78, 5) is 0. The minimum absolute atomic E-state index is 0.0221. The molecule has 4 nitrogen and oxygen atoms in total. The average Bonchev–Trinajstić information content (AvgIpc) is 1.82. The summed E-state index contributed by atoms with van der Waals surface area (Å²) in [5.74, 6) is -0.171. The van der Waals surface area contributed by atoms with Crippen LogP contribution in [0.25, 0.3) is 0 Å². The molecule has 0 bridgehead atoms. The van der Waals surface area contributed by atoms with E-state index in [4.69, 9.17) is 4.74 Å². The Balaban J connectivity index is 2.89. The van der Waals surface area contributed by atoms with Crippen LogP contribution in [0.2, 0.25) is 0 Å². The molecule has 0 spiro atoms. The first-order valence-electron chi connectivity index (χ1n) is 4.04. The topological polar surface area (TPSA) is 46.6 Å². The van der Waals surface area contributed by atoms with Crippen LogP contribution in [0.15, 0.2) is 0 Å². The summed E-state index contributed by atoms with van der Waals surface area (Å²) < 4.78 is 29.3. The molecular weight excluding hydrogens is 178 g/mol. The van der Waals surface area contributed by atoms with E-state index in [1.807, 2.05) is 20.8 Å². The summed E-state index contributed by atoms with van der Waals surface area (Å²) >= 11 is 0. The van der Waals surface area contributed by atoms with Crippen molar-refractivity contribution in [3.8, 4) is 0 Å². The molecule has 0 aromatic rings. The van der Waals surface area contributed by atoms with Crippen molar-refractivity contribution in [2.75, 3.05) is 12.5 Å². The number of ether oxygens (including phenoxy) is 1. The van der Waals surface area contributed by atoms with Gasteiger partial charge in [0.25, 0.3) is 0 Å². The van der Waals surface area contributed by atoms with Gasteiger partial charge in [-0.15, -0.1) is 0 Å². The molecule has 1 rings (SSSR count). The van der Waals surface area contributed by atoms with Gasteiger partial charge in [0.1, 0.15) is 0 Å². The van der Waals surface area contributed by atoms with Crippen LogP contribution >= 0.6 is 0 Å². The van der Waals surface area contributed by atoms with E-state index >= 15 is 0 Å². The maximum absolute atomic E-state index is 11.4. The summed E-state index contributed by atoms with van der Waals surface area (Å²) in [6.45, 7) is 6.10. The van der Waals surface area contributed by atoms with Crippen molar-refractivity contribution in [2.45, 2.75) is 32.9 Å². The molecule has 0 N–H and O–H groups in total. The van der Waals surface area contributed by atoms with Gasteiger partial charge in [-0.05, 0) is 20.8 Å². The highest BCUT2D eigenvalue weighted by Crippen LogP contribution is 2.17. The predicted octanol–water partition coefficient (Wildman–Crippen LogP) is 0.403. The molecule has 72 valence electrons. The highest BCUT2D eigenvalue weighted by Gasteiger charge is 2.33. The Morgan fingerprint density at radius 1 is 1.50 bits per heavy atom. The van der Waals surface area contributed by atoms with Crippen LogP contribution in [0.1, 0.15) is 20.8 Å². The van der Waals surface area contributed by atoms with E-state index in [0.717, 1.165) is 0 Å². The lowest BCUT2D eigenvalue weighted by molar-refractivity contribution is 0.0849. The third kappa shape index (κ3) is 1.78. The van der Waals surface area contributed by atoms with E-state index in [0.29, 0.717) is 6.61 Å². The Bertz CT molecular complexity index is 247. The van der Waals surface area contributed by atoms with Crippen molar-refractivity contribution in [3.05, 3.63) is 0 Å². The lowest BCUT2D eigenvalue weighted by atomic mass is 10.3. The molecule has 5 heteroatoms. The fourth-order valence-electron chi connectivity index (χ4n) is 1.56. The van der Waals surface area contributed by atoms with Crippen LogP contribution in [0.3, 0.4) is 0 Å². The average molecular weight is 193 g/mol. The molecule has 0 saturated carbocycles. The van der Waals surface area contributed by atoms with Gasteiger partial charge in [-0.25, -0.2) is 8.42 Å². The Kier molecular flexibility index (Phi) is 2.75. The van der Waals surface area contributed by atoms with Gasteiger partial charge in [-0.1, -0.05) is 0 Å². The van der Waals surface area contributed by atoms with Crippen LogP contribution < -0.4 is 0 Å². The fourth-order valence-corrected chi connectivity index (χ4v) is 3.24. The van der Waals surface area contributed by atoms with Gasteiger partial charge in [-0.3, -0.25) is 0 Å². The van der Waals surface area contributed by atoms with Gasteiger partial charge >= 0.3 is 0 Å². The van der Waals surface area contributed by atoms with E-state index in [1.54, 1.807) is 0 Å². The molecule has 1 heterocycles. The lowest BCUT2D eigenvalue weighted by Crippen LogP contribution is -2.50. The zero-order valence-electron chi connectivity index (χ0n) is 7.65. The summed E-state index contributed by atoms with van der Waals surface area (Å²) in [7, 11) is -3.16. The van der Waals surface area contributed by atoms with Crippen LogP contribution in [0, 0.1) is 0 Å². The number of hydrogen-bond acceptors (Lipinski definition) is 3. The molecule has 1 atom stereocenters. The summed E-state index contributed by atoms with van der Waals surface area (Å²) in [5, 5.41) is 0. The Morgan fingerprint density at radius 2 is 2.08 bits per heavy atom. The van der Waals surface area contributed by atoms with E-state index in [-0.39, 0.29) is 18.0 Å². The first-order chi connectivity index (χ1) is 5.45. The molecule has 0 amide bonds. The maximum Gasteiger partial charge on any atom is 0.238 e. The highest BCUT2D eigenvalue weighted by molar-refractivity contribution is 7.89. The summed E-state index contributed by atoms with van der Waals surface area (Å²) in [5.41, 5.74) is 0. The minimum Gasteiger partial charge on any atom is -0.362 e. The van der Waals surface area contributed by atoms with Gasteiger partial charge in [0.05, 0.1) is 6.61 Å². The van der Waals surface area contributed by atoms with Gasteiger partial charge < -0.3 is 4.74 Å². The standard InChI is InChI=1S/C7H15NO3S/c1-6(2)8-7(3)4-11-5-12(8,9)10/h6-7H,4-5H2,1-3H3. The van der Waals surface area contributed by atoms with Crippen LogP contribution in [0.4, 0.5) is 0 Å². The molecular formula is C7H15NO3S. The molecule has 12 heavy (non-hydrogen) atoms. The SMILES string of the molecule is CC(C)N1C(C)COCS1(=O)=O. The zero-order chi connectivity index (χ0) is 9.35. The number of sulfonamides is 1. The van der Waals surface area contributed by atoms with Crippen molar-refractivity contribution in [2.24, 2.45) is 0 Å². The largest absolute Gasteiger partial charge is 0.362 e. The van der Waals surface area contributed by atoms with E-state index in [9.17, 15) is 8.42 Å².